The molecule has 0 aliphatic heterocycles. The summed E-state index contributed by atoms with van der Waals surface area (Å²) in [5.74, 6) is 0.131. The van der Waals surface area contributed by atoms with E-state index in [1.165, 1.54) is 0 Å². The fourth-order valence-electron chi connectivity index (χ4n) is 1.66. The molecule has 8 heteroatoms. The van der Waals surface area contributed by atoms with Crippen LogP contribution < -0.4 is 21.1 Å². The molecule has 4 N–H and O–H groups in total. The van der Waals surface area contributed by atoms with Crippen molar-refractivity contribution in [2.75, 3.05) is 13.7 Å². The number of carbonyl (C=O) groups excluding carboxylic acids is 2. The van der Waals surface area contributed by atoms with E-state index in [0.717, 1.165) is 10.0 Å². The number of methoxy groups -OCH3 is 1. The van der Waals surface area contributed by atoms with Gasteiger partial charge in [-0.05, 0) is 29.7 Å². The van der Waals surface area contributed by atoms with E-state index in [9.17, 15) is 9.59 Å². The van der Waals surface area contributed by atoms with Crippen LogP contribution >= 0.6 is 28.3 Å². The number of hydrogen-bond acceptors (Lipinski definition) is 4. The summed E-state index contributed by atoms with van der Waals surface area (Å²) in [4.78, 5) is 23.4. The van der Waals surface area contributed by atoms with Crippen LogP contribution in [0.25, 0.3) is 0 Å². The molecule has 0 aliphatic carbocycles. The molecule has 0 bridgehead atoms. The summed E-state index contributed by atoms with van der Waals surface area (Å²) in [6.45, 7) is 3.94. The molecular weight excluding hydrogens is 386 g/mol. The van der Waals surface area contributed by atoms with Gasteiger partial charge in [0.05, 0.1) is 19.7 Å². The van der Waals surface area contributed by atoms with Crippen LogP contribution in [0.5, 0.6) is 5.75 Å². The van der Waals surface area contributed by atoms with Gasteiger partial charge in [0.1, 0.15) is 5.75 Å². The summed E-state index contributed by atoms with van der Waals surface area (Å²) in [6, 6.07) is 4.89. The van der Waals surface area contributed by atoms with E-state index < -0.39 is 6.04 Å². The van der Waals surface area contributed by atoms with Gasteiger partial charge in [-0.3, -0.25) is 9.59 Å². The van der Waals surface area contributed by atoms with Gasteiger partial charge in [-0.2, -0.15) is 0 Å². The van der Waals surface area contributed by atoms with Gasteiger partial charge in [-0.15, -0.1) is 12.4 Å². The van der Waals surface area contributed by atoms with Crippen molar-refractivity contribution in [2.45, 2.75) is 26.4 Å². The molecule has 1 aromatic rings. The van der Waals surface area contributed by atoms with Crippen molar-refractivity contribution in [3.05, 3.63) is 28.2 Å². The smallest absolute Gasteiger partial charge is 0.239 e. The summed E-state index contributed by atoms with van der Waals surface area (Å²) >= 11 is 3.41. The first-order valence-corrected chi connectivity index (χ1v) is 7.76. The van der Waals surface area contributed by atoms with E-state index in [0.29, 0.717) is 12.3 Å². The van der Waals surface area contributed by atoms with Crippen molar-refractivity contribution in [2.24, 2.45) is 11.7 Å². The lowest BCUT2D eigenvalue weighted by Crippen LogP contribution is -2.47. The van der Waals surface area contributed by atoms with Crippen molar-refractivity contribution in [3.8, 4) is 5.75 Å². The minimum absolute atomic E-state index is 0. The largest absolute Gasteiger partial charge is 0.497 e. The molecule has 2 amide bonds. The second-order valence-corrected chi connectivity index (χ2v) is 6.08. The van der Waals surface area contributed by atoms with Crippen LogP contribution in [-0.4, -0.2) is 31.5 Å². The molecule has 130 valence electrons. The molecule has 6 nitrogen and oxygen atoms in total. The van der Waals surface area contributed by atoms with Gasteiger partial charge in [0.15, 0.2) is 0 Å². The highest BCUT2D eigenvalue weighted by Gasteiger charge is 2.17. The van der Waals surface area contributed by atoms with Gasteiger partial charge in [-0.25, -0.2) is 0 Å². The van der Waals surface area contributed by atoms with Crippen LogP contribution in [0.2, 0.25) is 0 Å². The first-order valence-electron chi connectivity index (χ1n) is 6.97. The summed E-state index contributed by atoms with van der Waals surface area (Å²) in [5, 5.41) is 5.26. The maximum Gasteiger partial charge on any atom is 0.239 e. The zero-order chi connectivity index (χ0) is 16.7. The number of halogens is 2. The maximum atomic E-state index is 11.8. The molecule has 0 heterocycles. The van der Waals surface area contributed by atoms with Gasteiger partial charge < -0.3 is 21.1 Å². The minimum atomic E-state index is -0.611. The lowest BCUT2D eigenvalue weighted by atomic mass is 10.1. The Morgan fingerprint density at radius 2 is 1.96 bits per heavy atom. The third kappa shape index (κ3) is 7.20. The van der Waals surface area contributed by atoms with Crippen LogP contribution in [0, 0.1) is 5.92 Å². The Balaban J connectivity index is 0.00000484. The number of hydrogen-bond donors (Lipinski definition) is 3. The zero-order valence-electron chi connectivity index (χ0n) is 13.4. The number of benzene rings is 1. The molecule has 0 saturated carbocycles. The van der Waals surface area contributed by atoms with Gasteiger partial charge in [0, 0.05) is 11.0 Å². The molecular formula is C15H23BrClN3O3. The third-order valence-electron chi connectivity index (χ3n) is 3.17. The summed E-state index contributed by atoms with van der Waals surface area (Å²) < 4.78 is 6.01. The highest BCUT2D eigenvalue weighted by molar-refractivity contribution is 9.10. The summed E-state index contributed by atoms with van der Waals surface area (Å²) in [7, 11) is 1.58. The zero-order valence-corrected chi connectivity index (χ0v) is 15.8. The van der Waals surface area contributed by atoms with Crippen molar-refractivity contribution in [1.82, 2.24) is 10.6 Å². The lowest BCUT2D eigenvalue weighted by molar-refractivity contribution is -0.127. The SMILES string of the molecule is COc1ccc(Br)c(CNC(=O)CNC(=O)[C@@H](N)C(C)C)c1.Cl. The molecule has 0 saturated heterocycles. The molecule has 0 aromatic heterocycles. The molecule has 1 aromatic carbocycles. The van der Waals surface area contributed by atoms with E-state index in [1.54, 1.807) is 7.11 Å². The van der Waals surface area contributed by atoms with E-state index in [-0.39, 0.29) is 36.7 Å². The number of ether oxygens (including phenoxy) is 1. The number of rotatable bonds is 7. The number of nitrogens with one attached hydrogen (secondary N) is 2. The fourth-order valence-corrected chi connectivity index (χ4v) is 2.04. The normalized spacial score (nSPS) is 11.4. The Hall–Kier alpha value is -1.31. The highest BCUT2D eigenvalue weighted by atomic mass is 79.9. The maximum absolute atomic E-state index is 11.8. The Labute approximate surface area is 151 Å². The topological polar surface area (TPSA) is 93.5 Å². The van der Waals surface area contributed by atoms with E-state index in [1.807, 2.05) is 32.0 Å². The van der Waals surface area contributed by atoms with Gasteiger partial charge in [0.2, 0.25) is 11.8 Å². The number of nitrogens with two attached hydrogens (primary N) is 1. The minimum Gasteiger partial charge on any atom is -0.497 e. The summed E-state index contributed by atoms with van der Waals surface area (Å²) in [5.41, 5.74) is 6.59. The van der Waals surface area contributed by atoms with Crippen molar-refractivity contribution >= 4 is 40.2 Å². The molecule has 0 aliphatic rings. The van der Waals surface area contributed by atoms with E-state index in [4.69, 9.17) is 10.5 Å². The van der Waals surface area contributed by atoms with Gasteiger partial charge in [-0.1, -0.05) is 29.8 Å². The van der Waals surface area contributed by atoms with E-state index in [2.05, 4.69) is 26.6 Å². The van der Waals surface area contributed by atoms with E-state index >= 15 is 0 Å². The molecule has 0 radical (unpaired) electrons. The van der Waals surface area contributed by atoms with Crippen LogP contribution in [0.3, 0.4) is 0 Å². The average molecular weight is 409 g/mol. The molecule has 23 heavy (non-hydrogen) atoms. The van der Waals surface area contributed by atoms with Crippen LogP contribution in [-0.2, 0) is 16.1 Å². The Bertz CT molecular complexity index is 541. The van der Waals surface area contributed by atoms with Crippen LogP contribution in [0.4, 0.5) is 0 Å². The lowest BCUT2D eigenvalue weighted by Gasteiger charge is -2.15. The monoisotopic (exact) mass is 407 g/mol. The van der Waals surface area contributed by atoms with Crippen molar-refractivity contribution < 1.29 is 14.3 Å². The Morgan fingerprint density at radius 1 is 1.30 bits per heavy atom. The third-order valence-corrected chi connectivity index (χ3v) is 3.95. The van der Waals surface area contributed by atoms with Crippen LogP contribution in [0.15, 0.2) is 22.7 Å². The standard InChI is InChI=1S/C15H22BrN3O3.ClH/c1-9(2)14(17)15(21)19-8-13(20)18-7-10-6-11(22-3)4-5-12(10)16;/h4-6,9,14H,7-8,17H2,1-3H3,(H,18,20)(H,19,21);1H/t14-;/m0./s1. The molecule has 0 fully saturated rings. The first kappa shape index (κ1) is 21.7. The molecule has 0 spiro atoms. The summed E-state index contributed by atoms with van der Waals surface area (Å²) in [6.07, 6.45) is 0. The van der Waals surface area contributed by atoms with Crippen LogP contribution in [0.1, 0.15) is 19.4 Å². The van der Waals surface area contributed by atoms with Crippen molar-refractivity contribution in [3.63, 3.8) is 0 Å². The highest BCUT2D eigenvalue weighted by Crippen LogP contribution is 2.22. The second-order valence-electron chi connectivity index (χ2n) is 5.22. The predicted molar refractivity (Wildman–Crippen MR) is 95.6 cm³/mol. The second kappa shape index (κ2) is 10.5. The average Bonchev–Trinajstić information content (AvgIpc) is 2.50. The predicted octanol–water partition coefficient (Wildman–Crippen LogP) is 1.60. The fraction of sp³-hybridized carbons (Fsp3) is 0.467. The Morgan fingerprint density at radius 3 is 2.52 bits per heavy atom. The van der Waals surface area contributed by atoms with Gasteiger partial charge in [0.25, 0.3) is 0 Å². The number of carbonyl (C=O) groups is 2. The number of amides is 2. The molecule has 1 atom stereocenters. The molecule has 1 rings (SSSR count). The molecule has 0 unspecified atom stereocenters. The Kier molecular flexibility index (Phi) is 9.87. The van der Waals surface area contributed by atoms with Gasteiger partial charge >= 0.3 is 0 Å². The quantitative estimate of drug-likeness (QED) is 0.639. The van der Waals surface area contributed by atoms with Crippen molar-refractivity contribution in [1.29, 1.82) is 0 Å². The first-order chi connectivity index (χ1) is 10.3.